The Morgan fingerprint density at radius 3 is 2.77 bits per heavy atom. The number of anilines is 1. The van der Waals surface area contributed by atoms with Gasteiger partial charge in [-0.3, -0.25) is 4.98 Å². The van der Waals surface area contributed by atoms with Crippen LogP contribution >= 0.6 is 15.9 Å². The number of piperidine rings is 1. The molecule has 1 aromatic carbocycles. The summed E-state index contributed by atoms with van der Waals surface area (Å²) in [6.45, 7) is 3.21. The van der Waals surface area contributed by atoms with Gasteiger partial charge in [0.2, 0.25) is 0 Å². The van der Waals surface area contributed by atoms with E-state index in [1.807, 2.05) is 6.20 Å². The second-order valence-corrected chi connectivity index (χ2v) is 7.20. The molecule has 0 N–H and O–H groups in total. The monoisotopic (exact) mass is 360 g/mol. The van der Waals surface area contributed by atoms with Gasteiger partial charge >= 0.3 is 0 Å². The van der Waals surface area contributed by atoms with Crippen LogP contribution in [0, 0.1) is 5.92 Å². The number of para-hydroxylation sites is 1. The van der Waals surface area contributed by atoms with Gasteiger partial charge in [0, 0.05) is 41.4 Å². The molecule has 4 heteroatoms. The molecule has 1 atom stereocenters. The smallest absolute Gasteiger partial charge is 0.0864 e. The molecule has 22 heavy (non-hydrogen) atoms. The Morgan fingerprint density at radius 2 is 2.00 bits per heavy atom. The molecule has 3 heterocycles. The number of pyridine rings is 1. The van der Waals surface area contributed by atoms with E-state index in [0.717, 1.165) is 35.6 Å². The molecule has 2 saturated heterocycles. The molecular weight excluding hydrogens is 340 g/mol. The maximum absolute atomic E-state index is 5.88. The van der Waals surface area contributed by atoms with Gasteiger partial charge in [-0.2, -0.15) is 0 Å². The lowest BCUT2D eigenvalue weighted by molar-refractivity contribution is 0.0532. The number of halogens is 1. The first kappa shape index (κ1) is 14.5. The van der Waals surface area contributed by atoms with Gasteiger partial charge in [0.15, 0.2) is 0 Å². The highest BCUT2D eigenvalue weighted by atomic mass is 79.9. The summed E-state index contributed by atoms with van der Waals surface area (Å²) in [4.78, 5) is 7.04. The molecule has 4 rings (SSSR count). The zero-order chi connectivity index (χ0) is 14.9. The third-order valence-corrected chi connectivity index (χ3v) is 5.71. The van der Waals surface area contributed by atoms with E-state index in [9.17, 15) is 0 Å². The van der Waals surface area contributed by atoms with Gasteiger partial charge in [-0.05, 0) is 59.7 Å². The van der Waals surface area contributed by atoms with Crippen LogP contribution in [0.5, 0.6) is 0 Å². The van der Waals surface area contributed by atoms with Crippen molar-refractivity contribution in [1.29, 1.82) is 0 Å². The zero-order valence-corrected chi connectivity index (χ0v) is 14.3. The third-order valence-electron chi connectivity index (χ3n) is 5.07. The quantitative estimate of drug-likeness (QED) is 0.793. The Morgan fingerprint density at radius 1 is 1.14 bits per heavy atom. The van der Waals surface area contributed by atoms with Crippen molar-refractivity contribution in [3.8, 4) is 0 Å². The van der Waals surface area contributed by atoms with E-state index in [2.05, 4.69) is 50.1 Å². The van der Waals surface area contributed by atoms with E-state index in [-0.39, 0.29) is 0 Å². The van der Waals surface area contributed by atoms with Crippen molar-refractivity contribution in [2.75, 3.05) is 24.6 Å². The molecule has 116 valence electrons. The fraction of sp³-hybridized carbons (Fsp3) is 0.500. The predicted molar refractivity (Wildman–Crippen MR) is 93.4 cm³/mol. The fourth-order valence-corrected chi connectivity index (χ4v) is 4.36. The highest BCUT2D eigenvalue weighted by Crippen LogP contribution is 2.34. The van der Waals surface area contributed by atoms with Gasteiger partial charge < -0.3 is 9.64 Å². The molecule has 0 bridgehead atoms. The minimum Gasteiger partial charge on any atom is -0.378 e. The summed E-state index contributed by atoms with van der Waals surface area (Å²) in [5.74, 6) is 0.749. The van der Waals surface area contributed by atoms with Crippen LogP contribution in [-0.2, 0) is 4.74 Å². The molecule has 2 aliphatic heterocycles. The summed E-state index contributed by atoms with van der Waals surface area (Å²) >= 11 is 3.61. The Labute approximate surface area is 139 Å². The van der Waals surface area contributed by atoms with Gasteiger partial charge in [0.05, 0.1) is 11.6 Å². The number of fused-ring (bicyclic) bond motifs is 1. The van der Waals surface area contributed by atoms with E-state index in [1.165, 1.54) is 36.8 Å². The lowest BCUT2D eigenvalue weighted by Gasteiger charge is -2.36. The number of aromatic nitrogens is 1. The minimum absolute atomic E-state index is 0.519. The Bertz CT molecular complexity index is 661. The van der Waals surface area contributed by atoms with E-state index < -0.39 is 0 Å². The summed E-state index contributed by atoms with van der Waals surface area (Å²) in [5, 5.41) is 1.24. The summed E-state index contributed by atoms with van der Waals surface area (Å²) < 4.78 is 6.96. The van der Waals surface area contributed by atoms with E-state index >= 15 is 0 Å². The molecule has 2 aromatic rings. The third kappa shape index (κ3) is 2.63. The highest BCUT2D eigenvalue weighted by molar-refractivity contribution is 9.10. The molecule has 0 radical (unpaired) electrons. The van der Waals surface area contributed by atoms with Gasteiger partial charge in [0.1, 0.15) is 0 Å². The van der Waals surface area contributed by atoms with Crippen molar-refractivity contribution in [2.24, 2.45) is 5.92 Å². The van der Waals surface area contributed by atoms with Crippen LogP contribution in [0.15, 0.2) is 34.9 Å². The number of hydrogen-bond donors (Lipinski definition) is 0. The van der Waals surface area contributed by atoms with Crippen LogP contribution in [0.25, 0.3) is 10.9 Å². The van der Waals surface area contributed by atoms with Gasteiger partial charge in [0.25, 0.3) is 0 Å². The maximum Gasteiger partial charge on any atom is 0.0864 e. The SMILES string of the molecule is Brc1cccc2c(N3CCC(C4CCCO4)CC3)ccnc12. The Kier molecular flexibility index (Phi) is 4.05. The van der Waals surface area contributed by atoms with E-state index in [4.69, 9.17) is 4.74 Å². The highest BCUT2D eigenvalue weighted by Gasteiger charge is 2.29. The topological polar surface area (TPSA) is 25.4 Å². The first-order chi connectivity index (χ1) is 10.8. The largest absolute Gasteiger partial charge is 0.378 e. The molecule has 3 nitrogen and oxygen atoms in total. The van der Waals surface area contributed by atoms with Crippen LogP contribution < -0.4 is 4.90 Å². The second-order valence-electron chi connectivity index (χ2n) is 6.34. The van der Waals surface area contributed by atoms with Crippen LogP contribution in [0.1, 0.15) is 25.7 Å². The molecule has 1 aromatic heterocycles. The van der Waals surface area contributed by atoms with Crippen molar-refractivity contribution < 1.29 is 4.74 Å². The summed E-state index contributed by atoms with van der Waals surface area (Å²) in [5.41, 5.74) is 2.37. The lowest BCUT2D eigenvalue weighted by atomic mass is 9.89. The van der Waals surface area contributed by atoms with Gasteiger partial charge in [-0.25, -0.2) is 0 Å². The molecule has 0 amide bonds. The van der Waals surface area contributed by atoms with Gasteiger partial charge in [-0.15, -0.1) is 0 Å². The average molecular weight is 361 g/mol. The van der Waals surface area contributed by atoms with Crippen molar-refractivity contribution in [1.82, 2.24) is 4.98 Å². The summed E-state index contributed by atoms with van der Waals surface area (Å²) in [6.07, 6.45) is 7.42. The first-order valence-electron chi connectivity index (χ1n) is 8.23. The summed E-state index contributed by atoms with van der Waals surface area (Å²) in [6, 6.07) is 8.48. The van der Waals surface area contributed by atoms with Crippen LogP contribution in [0.2, 0.25) is 0 Å². The standard InChI is InChI=1S/C18H21BrN2O/c19-15-4-1-3-14-16(6-9-20-18(14)15)21-10-7-13(8-11-21)17-5-2-12-22-17/h1,3-4,6,9,13,17H,2,5,7-8,10-12H2. The molecule has 2 fully saturated rings. The molecule has 2 aliphatic rings. The number of rotatable bonds is 2. The number of nitrogens with zero attached hydrogens (tertiary/aromatic N) is 2. The molecule has 0 saturated carbocycles. The molecule has 1 unspecified atom stereocenters. The van der Waals surface area contributed by atoms with Crippen molar-refractivity contribution >= 4 is 32.5 Å². The molecular formula is C18H21BrN2O. The number of benzene rings is 1. The minimum atomic E-state index is 0.519. The lowest BCUT2D eigenvalue weighted by Crippen LogP contribution is -2.37. The molecule has 0 spiro atoms. The fourth-order valence-electron chi connectivity index (χ4n) is 3.89. The normalized spacial score (nSPS) is 23.3. The van der Waals surface area contributed by atoms with Crippen LogP contribution in [0.3, 0.4) is 0 Å². The Balaban J connectivity index is 1.55. The summed E-state index contributed by atoms with van der Waals surface area (Å²) in [7, 11) is 0. The van der Waals surface area contributed by atoms with E-state index in [0.29, 0.717) is 6.10 Å². The first-order valence-corrected chi connectivity index (χ1v) is 9.02. The molecule has 0 aliphatic carbocycles. The maximum atomic E-state index is 5.88. The van der Waals surface area contributed by atoms with E-state index in [1.54, 1.807) is 0 Å². The van der Waals surface area contributed by atoms with Crippen LogP contribution in [0.4, 0.5) is 5.69 Å². The number of hydrogen-bond acceptors (Lipinski definition) is 3. The Hall–Kier alpha value is -1.13. The zero-order valence-electron chi connectivity index (χ0n) is 12.7. The second kappa shape index (κ2) is 6.17. The van der Waals surface area contributed by atoms with Crippen molar-refractivity contribution in [3.05, 3.63) is 34.9 Å². The van der Waals surface area contributed by atoms with Crippen molar-refractivity contribution in [2.45, 2.75) is 31.8 Å². The predicted octanol–water partition coefficient (Wildman–Crippen LogP) is 4.39. The van der Waals surface area contributed by atoms with Crippen molar-refractivity contribution in [3.63, 3.8) is 0 Å². The number of ether oxygens (including phenoxy) is 1. The van der Waals surface area contributed by atoms with Crippen LogP contribution in [-0.4, -0.2) is 30.8 Å². The average Bonchev–Trinajstić information content (AvgIpc) is 3.10. The van der Waals surface area contributed by atoms with Gasteiger partial charge in [-0.1, -0.05) is 12.1 Å².